The van der Waals surface area contributed by atoms with Crippen molar-refractivity contribution in [1.82, 2.24) is 24.9 Å². The van der Waals surface area contributed by atoms with Crippen LogP contribution in [0.1, 0.15) is 31.9 Å². The summed E-state index contributed by atoms with van der Waals surface area (Å²) in [6, 6.07) is 3.39. The van der Waals surface area contributed by atoms with Gasteiger partial charge in [0.1, 0.15) is 16.3 Å². The maximum atomic E-state index is 14.2. The van der Waals surface area contributed by atoms with Crippen LogP contribution in [0, 0.1) is 17.1 Å². The fourth-order valence-electron chi connectivity index (χ4n) is 4.49. The van der Waals surface area contributed by atoms with Gasteiger partial charge in [0.2, 0.25) is 0 Å². The first-order valence-electron chi connectivity index (χ1n) is 11.4. The number of nitrogens with zero attached hydrogens (tertiary/aromatic N) is 7. The highest BCUT2D eigenvalue weighted by molar-refractivity contribution is 8.09. The number of anilines is 1. The first-order chi connectivity index (χ1) is 17.8. The number of ether oxygens (including phenoxy) is 1. The molecule has 2 aliphatic rings. The molecule has 37 heavy (non-hydrogen) atoms. The standard InChI is InChI=1S/C24H21ClFN7O3S/c1-12(2)33-21-16(29-30-33)10-28-11-18(21)32-23(34)22-17(31(24(32)35)6-4-5-27)9-20(37-22)13-7-19(36-3)15(26)8-14(13)25/h7-12,17,22H,4,6H2,1-3H3. The Morgan fingerprint density at radius 3 is 2.78 bits per heavy atom. The molecular weight excluding hydrogens is 521 g/mol. The molecule has 5 rings (SSSR count). The maximum absolute atomic E-state index is 14.2. The molecule has 13 heteroatoms. The summed E-state index contributed by atoms with van der Waals surface area (Å²) in [6.45, 7) is 3.94. The third kappa shape index (κ3) is 4.08. The van der Waals surface area contributed by atoms with E-state index in [0.717, 1.165) is 11.0 Å². The Morgan fingerprint density at radius 2 is 2.08 bits per heavy atom. The van der Waals surface area contributed by atoms with E-state index in [9.17, 15) is 19.2 Å². The highest BCUT2D eigenvalue weighted by Crippen LogP contribution is 2.48. The first-order valence-corrected chi connectivity index (χ1v) is 12.6. The summed E-state index contributed by atoms with van der Waals surface area (Å²) in [4.78, 5) is 35.1. The van der Waals surface area contributed by atoms with Crippen molar-refractivity contribution < 1.29 is 18.7 Å². The minimum Gasteiger partial charge on any atom is -0.494 e. The summed E-state index contributed by atoms with van der Waals surface area (Å²) in [5.74, 6) is -1.05. The molecule has 2 unspecified atom stereocenters. The number of amides is 3. The van der Waals surface area contributed by atoms with E-state index >= 15 is 0 Å². The van der Waals surface area contributed by atoms with Crippen LogP contribution < -0.4 is 9.64 Å². The van der Waals surface area contributed by atoms with Crippen molar-refractivity contribution in [3.05, 3.63) is 47.0 Å². The number of carbonyl (C=O) groups is 2. The molecule has 3 amide bonds. The predicted molar refractivity (Wildman–Crippen MR) is 137 cm³/mol. The zero-order chi connectivity index (χ0) is 26.4. The zero-order valence-corrected chi connectivity index (χ0v) is 21.6. The lowest BCUT2D eigenvalue weighted by Crippen LogP contribution is -2.62. The minimum atomic E-state index is -0.725. The van der Waals surface area contributed by atoms with E-state index in [4.69, 9.17) is 16.3 Å². The van der Waals surface area contributed by atoms with Crippen LogP contribution in [0.15, 0.2) is 30.6 Å². The number of benzene rings is 1. The van der Waals surface area contributed by atoms with Crippen molar-refractivity contribution in [1.29, 1.82) is 5.26 Å². The Kier molecular flexibility index (Phi) is 6.51. The summed E-state index contributed by atoms with van der Waals surface area (Å²) in [7, 11) is 1.35. The normalized spacial score (nSPS) is 19.4. The average Bonchev–Trinajstić information content (AvgIpc) is 3.50. The number of thioether (sulfide) groups is 1. The molecule has 190 valence electrons. The third-order valence-electron chi connectivity index (χ3n) is 6.21. The van der Waals surface area contributed by atoms with Crippen LogP contribution in [0.25, 0.3) is 15.9 Å². The largest absolute Gasteiger partial charge is 0.494 e. The smallest absolute Gasteiger partial charge is 0.332 e. The van der Waals surface area contributed by atoms with E-state index in [1.807, 2.05) is 13.8 Å². The monoisotopic (exact) mass is 541 g/mol. The van der Waals surface area contributed by atoms with Crippen molar-refractivity contribution >= 4 is 56.9 Å². The lowest BCUT2D eigenvalue weighted by atomic mass is 10.0. The second-order valence-electron chi connectivity index (χ2n) is 8.74. The van der Waals surface area contributed by atoms with Gasteiger partial charge in [-0.15, -0.1) is 16.9 Å². The zero-order valence-electron chi connectivity index (χ0n) is 20.1. The molecule has 2 atom stereocenters. The average molecular weight is 542 g/mol. The van der Waals surface area contributed by atoms with Gasteiger partial charge in [-0.2, -0.15) is 5.26 Å². The van der Waals surface area contributed by atoms with Gasteiger partial charge in [0, 0.05) is 23.1 Å². The molecule has 0 radical (unpaired) electrons. The molecule has 0 saturated carbocycles. The van der Waals surface area contributed by atoms with E-state index in [1.165, 1.54) is 42.2 Å². The molecule has 4 heterocycles. The number of halogens is 2. The van der Waals surface area contributed by atoms with Gasteiger partial charge in [-0.1, -0.05) is 16.8 Å². The van der Waals surface area contributed by atoms with Crippen LogP contribution in [-0.4, -0.2) is 61.8 Å². The number of rotatable bonds is 6. The second kappa shape index (κ2) is 9.64. The molecule has 1 fully saturated rings. The number of pyridine rings is 1. The highest BCUT2D eigenvalue weighted by Gasteiger charge is 2.50. The van der Waals surface area contributed by atoms with Crippen LogP contribution in [0.3, 0.4) is 0 Å². The summed E-state index contributed by atoms with van der Waals surface area (Å²) in [5, 5.41) is 17.0. The summed E-state index contributed by atoms with van der Waals surface area (Å²) in [6.07, 6.45) is 4.80. The number of hydrogen-bond donors (Lipinski definition) is 0. The SMILES string of the molecule is COc1cc(C2=CC3C(S2)C(=O)N(c2cncc4nnn(C(C)C)c24)C(=O)N3CCC#N)c(Cl)cc1F. The Hall–Kier alpha value is -3.69. The molecule has 0 bridgehead atoms. The fourth-order valence-corrected chi connectivity index (χ4v) is 6.15. The van der Waals surface area contributed by atoms with Gasteiger partial charge in [-0.3, -0.25) is 9.78 Å². The fraction of sp³-hybridized carbons (Fsp3) is 0.333. The Bertz CT molecular complexity index is 1500. The molecule has 1 saturated heterocycles. The van der Waals surface area contributed by atoms with Crippen molar-refractivity contribution in [2.45, 2.75) is 37.6 Å². The minimum absolute atomic E-state index is 0.00772. The summed E-state index contributed by atoms with van der Waals surface area (Å²) < 4.78 is 20.9. The van der Waals surface area contributed by atoms with Crippen molar-refractivity contribution in [2.24, 2.45) is 0 Å². The molecule has 3 aromatic rings. The first kappa shape index (κ1) is 25.0. The van der Waals surface area contributed by atoms with Gasteiger partial charge < -0.3 is 9.64 Å². The maximum Gasteiger partial charge on any atom is 0.332 e. The van der Waals surface area contributed by atoms with Crippen LogP contribution >= 0.6 is 23.4 Å². The van der Waals surface area contributed by atoms with E-state index in [1.54, 1.807) is 10.8 Å². The topological polar surface area (TPSA) is 117 Å². The van der Waals surface area contributed by atoms with Crippen molar-refractivity contribution in [3.8, 4) is 11.8 Å². The lowest BCUT2D eigenvalue weighted by Gasteiger charge is -2.40. The molecule has 0 aliphatic carbocycles. The van der Waals surface area contributed by atoms with Gasteiger partial charge in [0.25, 0.3) is 5.91 Å². The van der Waals surface area contributed by atoms with Crippen LogP contribution in [0.2, 0.25) is 5.02 Å². The number of urea groups is 1. The summed E-state index contributed by atoms with van der Waals surface area (Å²) in [5.41, 5.74) is 1.70. The number of methoxy groups -OCH3 is 1. The number of fused-ring (bicyclic) bond motifs is 2. The Labute approximate surface area is 220 Å². The van der Waals surface area contributed by atoms with Crippen molar-refractivity contribution in [2.75, 3.05) is 18.6 Å². The van der Waals surface area contributed by atoms with Crippen LogP contribution in [-0.2, 0) is 4.79 Å². The number of hydrogen-bond acceptors (Lipinski definition) is 8. The van der Waals surface area contributed by atoms with Gasteiger partial charge in [0.15, 0.2) is 11.6 Å². The van der Waals surface area contributed by atoms with Crippen LogP contribution in [0.4, 0.5) is 14.9 Å². The predicted octanol–water partition coefficient (Wildman–Crippen LogP) is 4.42. The van der Waals surface area contributed by atoms with Gasteiger partial charge in [0.05, 0.1) is 48.7 Å². The quantitative estimate of drug-likeness (QED) is 0.450. The molecule has 1 aromatic carbocycles. The number of aromatic nitrogens is 4. The van der Waals surface area contributed by atoms with E-state index in [0.29, 0.717) is 21.5 Å². The molecule has 10 nitrogen and oxygen atoms in total. The molecule has 0 spiro atoms. The molecular formula is C24H21ClFN7O3S. The third-order valence-corrected chi connectivity index (χ3v) is 7.86. The molecule has 2 aliphatic heterocycles. The van der Waals surface area contributed by atoms with Gasteiger partial charge in [-0.05, 0) is 32.1 Å². The second-order valence-corrected chi connectivity index (χ2v) is 10.3. The van der Waals surface area contributed by atoms with Gasteiger partial charge >= 0.3 is 6.03 Å². The summed E-state index contributed by atoms with van der Waals surface area (Å²) >= 11 is 7.57. The number of nitriles is 1. The molecule has 2 aromatic heterocycles. The number of carbonyl (C=O) groups excluding carboxylic acids is 2. The van der Waals surface area contributed by atoms with Crippen molar-refractivity contribution in [3.63, 3.8) is 0 Å². The molecule has 0 N–H and O–H groups in total. The van der Waals surface area contributed by atoms with Crippen LogP contribution in [0.5, 0.6) is 5.75 Å². The Balaban J connectivity index is 1.60. The highest BCUT2D eigenvalue weighted by atomic mass is 35.5. The van der Waals surface area contributed by atoms with E-state index in [2.05, 4.69) is 21.4 Å². The van der Waals surface area contributed by atoms with Gasteiger partial charge in [-0.25, -0.2) is 18.8 Å². The van der Waals surface area contributed by atoms with E-state index in [-0.39, 0.29) is 35.5 Å². The number of imide groups is 1. The van der Waals surface area contributed by atoms with E-state index < -0.39 is 29.0 Å². The Morgan fingerprint density at radius 1 is 1.30 bits per heavy atom. The lowest BCUT2D eigenvalue weighted by molar-refractivity contribution is -0.119.